The third kappa shape index (κ3) is 5.52. The molecule has 172 valence electrons. The van der Waals surface area contributed by atoms with Crippen molar-refractivity contribution in [1.29, 1.82) is 0 Å². The van der Waals surface area contributed by atoms with Gasteiger partial charge in [-0.2, -0.15) is 0 Å². The van der Waals surface area contributed by atoms with Crippen molar-refractivity contribution in [2.75, 3.05) is 0 Å². The van der Waals surface area contributed by atoms with E-state index in [9.17, 15) is 9.59 Å². The van der Waals surface area contributed by atoms with Crippen molar-refractivity contribution in [1.82, 2.24) is 20.8 Å². The highest BCUT2D eigenvalue weighted by atomic mass is 32.1. The summed E-state index contributed by atoms with van der Waals surface area (Å²) in [6.07, 6.45) is 2.44. The average molecular weight is 473 g/mol. The van der Waals surface area contributed by atoms with E-state index in [1.807, 2.05) is 48.5 Å². The fourth-order valence-electron chi connectivity index (χ4n) is 3.37. The number of ether oxygens (including phenoxy) is 1. The Balaban J connectivity index is 1.62. The molecule has 4 aromatic rings. The Labute approximate surface area is 203 Å². The molecule has 2 aromatic heterocycles. The second-order valence-corrected chi connectivity index (χ2v) is 9.17. The fraction of sp³-hybridized carbons (Fsp3) is 0.154. The molecule has 2 aromatic carbocycles. The van der Waals surface area contributed by atoms with Gasteiger partial charge in [-0.1, -0.05) is 36.4 Å². The summed E-state index contributed by atoms with van der Waals surface area (Å²) in [4.78, 5) is 34.6. The predicted molar refractivity (Wildman–Crippen MR) is 134 cm³/mol. The lowest BCUT2D eigenvalue weighted by Crippen LogP contribution is -2.44. The molecule has 8 heteroatoms. The monoisotopic (exact) mass is 472 g/mol. The molecule has 0 bridgehead atoms. The minimum atomic E-state index is -0.751. The molecule has 2 amide bonds. The number of rotatable bonds is 3. The Kier molecular flexibility index (Phi) is 6.51. The maximum Gasteiger partial charge on any atom is 0.426 e. The molecule has 2 N–H and O–H groups in total. The number of nitrogens with zero attached hydrogens (tertiary/aromatic N) is 2. The Bertz CT molecular complexity index is 1350. The van der Waals surface area contributed by atoms with E-state index in [1.165, 1.54) is 0 Å². The fourth-order valence-corrected chi connectivity index (χ4v) is 3.52. The molecule has 34 heavy (non-hydrogen) atoms. The van der Waals surface area contributed by atoms with Gasteiger partial charge in [0.05, 0.1) is 16.8 Å². The number of aromatic nitrogens is 2. The number of hydrazine groups is 1. The van der Waals surface area contributed by atoms with E-state index in [0.717, 1.165) is 21.6 Å². The molecular weight excluding hydrogens is 448 g/mol. The number of pyridine rings is 2. The first-order valence-electron chi connectivity index (χ1n) is 10.6. The number of benzene rings is 2. The third-order valence-electron chi connectivity index (χ3n) is 4.91. The minimum Gasteiger partial charge on any atom is -0.443 e. The van der Waals surface area contributed by atoms with E-state index in [0.29, 0.717) is 22.2 Å². The van der Waals surface area contributed by atoms with E-state index < -0.39 is 17.6 Å². The van der Waals surface area contributed by atoms with Crippen molar-refractivity contribution in [3.8, 4) is 22.4 Å². The molecular formula is C26H24N4O3S. The van der Waals surface area contributed by atoms with Gasteiger partial charge in [0, 0.05) is 28.2 Å². The summed E-state index contributed by atoms with van der Waals surface area (Å²) in [5.41, 5.74) is 8.56. The van der Waals surface area contributed by atoms with Crippen molar-refractivity contribution >= 4 is 35.5 Å². The van der Waals surface area contributed by atoms with Crippen LogP contribution in [0.2, 0.25) is 0 Å². The normalized spacial score (nSPS) is 11.2. The van der Waals surface area contributed by atoms with Gasteiger partial charge in [0.15, 0.2) is 0 Å². The Morgan fingerprint density at radius 3 is 2.15 bits per heavy atom. The number of nitrogens with one attached hydrogen (secondary N) is 2. The van der Waals surface area contributed by atoms with Crippen molar-refractivity contribution < 1.29 is 14.3 Å². The summed E-state index contributed by atoms with van der Waals surface area (Å²) in [7, 11) is 0. The van der Waals surface area contributed by atoms with Crippen molar-refractivity contribution in [2.24, 2.45) is 0 Å². The van der Waals surface area contributed by atoms with Crippen LogP contribution in [-0.2, 0) is 4.74 Å². The van der Waals surface area contributed by atoms with E-state index in [1.54, 1.807) is 45.3 Å². The highest BCUT2D eigenvalue weighted by Gasteiger charge is 2.18. The van der Waals surface area contributed by atoms with E-state index in [4.69, 9.17) is 9.72 Å². The lowest BCUT2D eigenvalue weighted by atomic mass is 10.0. The van der Waals surface area contributed by atoms with E-state index >= 15 is 0 Å². The van der Waals surface area contributed by atoms with Crippen molar-refractivity contribution in [3.63, 3.8) is 0 Å². The van der Waals surface area contributed by atoms with Gasteiger partial charge < -0.3 is 4.74 Å². The highest BCUT2D eigenvalue weighted by Crippen LogP contribution is 2.27. The second kappa shape index (κ2) is 9.52. The quantitative estimate of drug-likeness (QED) is 0.273. The molecule has 2 heterocycles. The van der Waals surface area contributed by atoms with Crippen LogP contribution in [-0.4, -0.2) is 27.6 Å². The molecule has 4 rings (SSSR count). The number of hydrogen-bond donors (Lipinski definition) is 3. The van der Waals surface area contributed by atoms with Crippen molar-refractivity contribution in [2.45, 2.75) is 31.3 Å². The zero-order valence-corrected chi connectivity index (χ0v) is 19.9. The summed E-state index contributed by atoms with van der Waals surface area (Å²) >= 11 is 4.33. The van der Waals surface area contributed by atoms with Gasteiger partial charge in [0.2, 0.25) is 0 Å². The minimum absolute atomic E-state index is 0.331. The first-order chi connectivity index (χ1) is 16.2. The summed E-state index contributed by atoms with van der Waals surface area (Å²) in [5.74, 6) is -0.504. The molecule has 0 atom stereocenters. The molecule has 0 radical (unpaired) electrons. The van der Waals surface area contributed by atoms with Crippen LogP contribution in [0.4, 0.5) is 4.79 Å². The van der Waals surface area contributed by atoms with Crippen molar-refractivity contribution in [3.05, 3.63) is 78.6 Å². The second-order valence-electron chi connectivity index (χ2n) is 8.65. The van der Waals surface area contributed by atoms with Gasteiger partial charge in [-0.3, -0.25) is 15.2 Å². The van der Waals surface area contributed by atoms with E-state index in [2.05, 4.69) is 28.5 Å². The number of amides is 2. The summed E-state index contributed by atoms with van der Waals surface area (Å²) < 4.78 is 5.16. The molecule has 0 saturated heterocycles. The zero-order valence-electron chi connectivity index (χ0n) is 19.0. The standard InChI is InChI=1S/C26H24N4O3S/c1-26(2,3)33-25(32)30-29-24(31)20-14-23(28-22-12-13-27-15-21(20)22)18-6-4-16(5-7-18)17-8-10-19(34)11-9-17/h4-15,34H,1-3H3,(H,29,31)(H,30,32). The number of carbonyl (C=O) groups is 2. The van der Waals surface area contributed by atoms with Gasteiger partial charge in [0.1, 0.15) is 5.60 Å². The molecule has 0 aliphatic heterocycles. The Hall–Kier alpha value is -3.91. The van der Waals surface area contributed by atoms with Gasteiger partial charge in [-0.25, -0.2) is 15.2 Å². The molecule has 0 fully saturated rings. The van der Waals surface area contributed by atoms with Crippen LogP contribution in [0.15, 0.2) is 78.0 Å². The lowest BCUT2D eigenvalue weighted by Gasteiger charge is -2.19. The lowest BCUT2D eigenvalue weighted by molar-refractivity contribution is 0.0483. The van der Waals surface area contributed by atoms with Crippen LogP contribution in [0.5, 0.6) is 0 Å². The topological polar surface area (TPSA) is 93.2 Å². The Morgan fingerprint density at radius 2 is 1.50 bits per heavy atom. The van der Waals surface area contributed by atoms with Gasteiger partial charge >= 0.3 is 6.09 Å². The smallest absolute Gasteiger partial charge is 0.426 e. The molecule has 0 aliphatic rings. The summed E-state index contributed by atoms with van der Waals surface area (Å²) in [5, 5.41) is 0.568. The number of hydrogen-bond acceptors (Lipinski definition) is 6. The number of fused-ring (bicyclic) bond motifs is 1. The maximum atomic E-state index is 12.9. The summed E-state index contributed by atoms with van der Waals surface area (Å²) in [6.45, 7) is 5.22. The zero-order chi connectivity index (χ0) is 24.3. The molecule has 7 nitrogen and oxygen atoms in total. The first-order valence-corrected chi connectivity index (χ1v) is 11.1. The first kappa shape index (κ1) is 23.3. The molecule has 0 saturated carbocycles. The predicted octanol–water partition coefficient (Wildman–Crippen LogP) is 5.42. The molecule has 0 unspecified atom stereocenters. The van der Waals surface area contributed by atoms with Gasteiger partial charge in [-0.15, -0.1) is 12.6 Å². The summed E-state index contributed by atoms with van der Waals surface area (Å²) in [6, 6.07) is 19.3. The van der Waals surface area contributed by atoms with Gasteiger partial charge in [-0.05, 0) is 56.2 Å². The van der Waals surface area contributed by atoms with Crippen LogP contribution >= 0.6 is 12.6 Å². The van der Waals surface area contributed by atoms with Crippen LogP contribution in [0.1, 0.15) is 31.1 Å². The SMILES string of the molecule is CC(C)(C)OC(=O)NNC(=O)c1cc(-c2ccc(-c3ccc(S)cc3)cc2)nc2ccncc12. The van der Waals surface area contributed by atoms with Crippen LogP contribution in [0.3, 0.4) is 0 Å². The average Bonchev–Trinajstić information content (AvgIpc) is 2.81. The van der Waals surface area contributed by atoms with E-state index in [-0.39, 0.29) is 0 Å². The molecule has 0 spiro atoms. The third-order valence-corrected chi connectivity index (χ3v) is 5.21. The van der Waals surface area contributed by atoms with Gasteiger partial charge in [0.25, 0.3) is 5.91 Å². The van der Waals surface area contributed by atoms with Crippen LogP contribution in [0.25, 0.3) is 33.3 Å². The van der Waals surface area contributed by atoms with Crippen LogP contribution in [0, 0.1) is 0 Å². The number of thiol groups is 1. The molecule has 0 aliphatic carbocycles. The maximum absolute atomic E-state index is 12.9. The highest BCUT2D eigenvalue weighted by molar-refractivity contribution is 7.80. The largest absolute Gasteiger partial charge is 0.443 e. The Morgan fingerprint density at radius 1 is 0.882 bits per heavy atom. The number of carbonyl (C=O) groups excluding carboxylic acids is 2. The van der Waals surface area contributed by atoms with Crippen LogP contribution < -0.4 is 10.9 Å².